The van der Waals surface area contributed by atoms with Crippen molar-refractivity contribution in [3.05, 3.63) is 51.2 Å². The smallest absolute Gasteiger partial charge is 0.306 e. The number of hydrogen-bond donors (Lipinski definition) is 3. The number of nitrogens with one attached hydrogen (secondary N) is 2. The van der Waals surface area contributed by atoms with Gasteiger partial charge in [-0.2, -0.15) is 0 Å². The number of hydrogen-bond acceptors (Lipinski definition) is 5. The quantitative estimate of drug-likeness (QED) is 0.533. The normalized spacial score (nSPS) is 18.4. The molecule has 0 radical (unpaired) electrons. The Labute approximate surface area is 183 Å². The molecule has 1 aromatic carbocycles. The zero-order valence-electron chi connectivity index (χ0n) is 16.2. The molecular weight excluding hydrogens is 428 g/mol. The van der Waals surface area contributed by atoms with Crippen molar-refractivity contribution in [2.45, 2.75) is 31.8 Å². The molecule has 0 unspecified atom stereocenters. The average Bonchev–Trinajstić information content (AvgIpc) is 3.18. The zero-order valence-corrected chi connectivity index (χ0v) is 17.8. The summed E-state index contributed by atoms with van der Waals surface area (Å²) < 4.78 is 6.46. The van der Waals surface area contributed by atoms with Crippen molar-refractivity contribution < 1.29 is 24.2 Å². The monoisotopic (exact) mass is 450 g/mol. The van der Waals surface area contributed by atoms with Crippen LogP contribution in [0.4, 0.5) is 0 Å². The largest absolute Gasteiger partial charge is 0.490 e. The highest BCUT2D eigenvalue weighted by Crippen LogP contribution is 2.28. The molecule has 160 valence electrons. The molecule has 3 rings (SSSR count). The Hall–Kier alpha value is -2.58. The van der Waals surface area contributed by atoms with E-state index in [1.54, 1.807) is 36.4 Å². The lowest BCUT2D eigenvalue weighted by Gasteiger charge is -2.26. The number of benzene rings is 1. The predicted octanol–water partition coefficient (Wildman–Crippen LogP) is 3.58. The first-order chi connectivity index (χ1) is 14.4. The van der Waals surface area contributed by atoms with Gasteiger partial charge in [0.2, 0.25) is 0 Å². The predicted molar refractivity (Wildman–Crippen MR) is 114 cm³/mol. The standard InChI is InChI=1S/C21H23ClN2O5S/c22-18-10-9-17(30-18)20(26)24-12-11-23-19(25)13-1-5-15(6-2-13)29-16-7-3-14(4-8-16)21(27)28/h1-2,5-6,9-10,14,16H,3-4,7-8,11-12H2,(H,23,25)(H,24,26)(H,27,28). The number of ether oxygens (including phenoxy) is 1. The minimum atomic E-state index is -0.737. The Bertz CT molecular complexity index is 891. The molecule has 1 saturated carbocycles. The highest BCUT2D eigenvalue weighted by atomic mass is 35.5. The summed E-state index contributed by atoms with van der Waals surface area (Å²) in [5.41, 5.74) is 0.494. The first kappa shape index (κ1) is 22.1. The van der Waals surface area contributed by atoms with E-state index in [2.05, 4.69) is 10.6 Å². The Morgan fingerprint density at radius 2 is 1.60 bits per heavy atom. The number of rotatable bonds is 8. The van der Waals surface area contributed by atoms with Crippen molar-refractivity contribution >= 4 is 40.7 Å². The Morgan fingerprint density at radius 3 is 2.17 bits per heavy atom. The van der Waals surface area contributed by atoms with Crippen LogP contribution in [0.5, 0.6) is 5.75 Å². The van der Waals surface area contributed by atoms with E-state index in [1.165, 1.54) is 11.3 Å². The molecule has 2 amide bonds. The maximum Gasteiger partial charge on any atom is 0.306 e. The fraction of sp³-hybridized carbons (Fsp3) is 0.381. The van der Waals surface area contributed by atoms with E-state index in [4.69, 9.17) is 21.4 Å². The van der Waals surface area contributed by atoms with Crippen LogP contribution in [-0.2, 0) is 4.79 Å². The Balaban J connectivity index is 1.38. The average molecular weight is 451 g/mol. The summed E-state index contributed by atoms with van der Waals surface area (Å²) in [6.45, 7) is 0.606. The molecule has 30 heavy (non-hydrogen) atoms. The van der Waals surface area contributed by atoms with Gasteiger partial charge in [0.25, 0.3) is 11.8 Å². The summed E-state index contributed by atoms with van der Waals surface area (Å²) in [7, 11) is 0. The van der Waals surface area contributed by atoms with E-state index in [9.17, 15) is 14.4 Å². The molecule has 1 aliphatic carbocycles. The maximum absolute atomic E-state index is 12.2. The first-order valence-electron chi connectivity index (χ1n) is 9.73. The second kappa shape index (κ2) is 10.4. The summed E-state index contributed by atoms with van der Waals surface area (Å²) in [5.74, 6) is -0.813. The number of halogens is 1. The lowest BCUT2D eigenvalue weighted by atomic mass is 9.87. The van der Waals surface area contributed by atoms with Crippen molar-refractivity contribution in [1.82, 2.24) is 10.6 Å². The fourth-order valence-corrected chi connectivity index (χ4v) is 4.24. The molecule has 0 bridgehead atoms. The second-order valence-electron chi connectivity index (χ2n) is 7.07. The molecule has 1 aromatic heterocycles. The van der Waals surface area contributed by atoms with E-state index >= 15 is 0 Å². The van der Waals surface area contributed by atoms with Crippen molar-refractivity contribution in [2.24, 2.45) is 5.92 Å². The van der Waals surface area contributed by atoms with Crippen LogP contribution < -0.4 is 15.4 Å². The van der Waals surface area contributed by atoms with Gasteiger partial charge in [-0.1, -0.05) is 11.6 Å². The topological polar surface area (TPSA) is 105 Å². The van der Waals surface area contributed by atoms with Crippen LogP contribution in [0.1, 0.15) is 45.7 Å². The van der Waals surface area contributed by atoms with Gasteiger partial charge in [0, 0.05) is 18.7 Å². The van der Waals surface area contributed by atoms with E-state index < -0.39 is 5.97 Å². The van der Waals surface area contributed by atoms with E-state index in [0.29, 0.717) is 59.3 Å². The van der Waals surface area contributed by atoms with Gasteiger partial charge in [0.1, 0.15) is 5.75 Å². The highest BCUT2D eigenvalue weighted by Gasteiger charge is 2.26. The number of thiophene rings is 1. The SMILES string of the molecule is O=C(NCCNC(=O)c1ccc(Cl)s1)c1ccc(OC2CCC(C(=O)O)CC2)cc1. The lowest BCUT2D eigenvalue weighted by Crippen LogP contribution is -2.34. The number of amides is 2. The maximum atomic E-state index is 12.2. The number of carboxylic acids is 1. The molecule has 0 atom stereocenters. The van der Waals surface area contributed by atoms with Crippen molar-refractivity contribution in [3.8, 4) is 5.75 Å². The van der Waals surface area contributed by atoms with Crippen LogP contribution in [0, 0.1) is 5.92 Å². The zero-order chi connectivity index (χ0) is 21.5. The fourth-order valence-electron chi connectivity index (χ4n) is 3.28. The molecule has 0 spiro atoms. The highest BCUT2D eigenvalue weighted by molar-refractivity contribution is 7.17. The molecule has 2 aromatic rings. The van der Waals surface area contributed by atoms with Gasteiger partial charge >= 0.3 is 5.97 Å². The van der Waals surface area contributed by atoms with Gasteiger partial charge in [-0.3, -0.25) is 14.4 Å². The molecule has 0 aliphatic heterocycles. The molecule has 3 N–H and O–H groups in total. The van der Waals surface area contributed by atoms with Crippen molar-refractivity contribution in [3.63, 3.8) is 0 Å². The molecule has 1 fully saturated rings. The molecule has 7 nitrogen and oxygen atoms in total. The minimum Gasteiger partial charge on any atom is -0.490 e. The Kier molecular flexibility index (Phi) is 7.70. The van der Waals surface area contributed by atoms with Gasteiger partial charge in [-0.05, 0) is 62.1 Å². The van der Waals surface area contributed by atoms with Crippen LogP contribution in [-0.4, -0.2) is 42.1 Å². The van der Waals surface area contributed by atoms with Crippen molar-refractivity contribution in [2.75, 3.05) is 13.1 Å². The summed E-state index contributed by atoms with van der Waals surface area (Å²) in [5, 5.41) is 14.5. The molecular formula is C21H23ClN2O5S. The van der Waals surface area contributed by atoms with Crippen LogP contribution in [0.2, 0.25) is 4.34 Å². The summed E-state index contributed by atoms with van der Waals surface area (Å²) in [6, 6.07) is 10.2. The number of carbonyl (C=O) groups is 3. The summed E-state index contributed by atoms with van der Waals surface area (Å²) >= 11 is 7.01. The number of carbonyl (C=O) groups excluding carboxylic acids is 2. The number of aliphatic carboxylic acids is 1. The summed E-state index contributed by atoms with van der Waals surface area (Å²) in [6.07, 6.45) is 2.67. The van der Waals surface area contributed by atoms with E-state index in [0.717, 1.165) is 0 Å². The van der Waals surface area contributed by atoms with Gasteiger partial charge < -0.3 is 20.5 Å². The van der Waals surface area contributed by atoms with Crippen LogP contribution in [0.25, 0.3) is 0 Å². The van der Waals surface area contributed by atoms with Crippen LogP contribution >= 0.6 is 22.9 Å². The van der Waals surface area contributed by atoms with Gasteiger partial charge in [0.05, 0.1) is 21.2 Å². The molecule has 9 heteroatoms. The van der Waals surface area contributed by atoms with Gasteiger partial charge in [-0.15, -0.1) is 11.3 Å². The van der Waals surface area contributed by atoms with Crippen LogP contribution in [0.3, 0.4) is 0 Å². The molecule has 0 saturated heterocycles. The second-order valence-corrected chi connectivity index (χ2v) is 8.78. The third-order valence-corrected chi connectivity index (χ3v) is 6.17. The van der Waals surface area contributed by atoms with E-state index in [1.807, 2.05) is 0 Å². The summed E-state index contributed by atoms with van der Waals surface area (Å²) in [4.78, 5) is 35.7. The lowest BCUT2D eigenvalue weighted by molar-refractivity contribution is -0.143. The first-order valence-corrected chi connectivity index (χ1v) is 10.9. The molecule has 1 heterocycles. The third kappa shape index (κ3) is 6.21. The Morgan fingerprint density at radius 1 is 0.967 bits per heavy atom. The van der Waals surface area contributed by atoms with Gasteiger partial charge in [-0.25, -0.2) is 0 Å². The number of carboxylic acid groups (broad SMARTS) is 1. The van der Waals surface area contributed by atoms with Crippen LogP contribution in [0.15, 0.2) is 36.4 Å². The van der Waals surface area contributed by atoms with Crippen molar-refractivity contribution in [1.29, 1.82) is 0 Å². The minimum absolute atomic E-state index is 0.00196. The third-order valence-electron chi connectivity index (χ3n) is 4.94. The van der Waals surface area contributed by atoms with E-state index in [-0.39, 0.29) is 23.8 Å². The molecule has 1 aliphatic rings. The van der Waals surface area contributed by atoms with Gasteiger partial charge in [0.15, 0.2) is 0 Å².